The molecule has 0 amide bonds. The van der Waals surface area contributed by atoms with Crippen LogP contribution in [0.15, 0.2) is 0 Å². The third-order valence-corrected chi connectivity index (χ3v) is 4.27. The van der Waals surface area contributed by atoms with E-state index in [1.165, 1.54) is 12.8 Å². The van der Waals surface area contributed by atoms with Crippen LogP contribution in [0, 0.1) is 5.92 Å². The monoisotopic (exact) mass is 214 g/mol. The van der Waals surface area contributed by atoms with Gasteiger partial charge in [0.1, 0.15) is 4.32 Å². The minimum absolute atomic E-state index is 0.0660. The molecular formula is C8H11BrN2. The van der Waals surface area contributed by atoms with E-state index < -0.39 is 0 Å². The van der Waals surface area contributed by atoms with Gasteiger partial charge in [-0.2, -0.15) is 4.79 Å². The van der Waals surface area contributed by atoms with Gasteiger partial charge in [0.2, 0.25) is 0 Å². The number of fused-ring (bicyclic) bond motifs is 3. The van der Waals surface area contributed by atoms with Crippen LogP contribution >= 0.6 is 15.9 Å². The Morgan fingerprint density at radius 3 is 2.45 bits per heavy atom. The molecule has 3 saturated carbocycles. The largest absolute Gasteiger partial charge is 0.362 e. The van der Waals surface area contributed by atoms with E-state index in [1.54, 1.807) is 0 Å². The maximum atomic E-state index is 8.74. The van der Waals surface area contributed by atoms with Gasteiger partial charge in [0.15, 0.2) is 0 Å². The number of hydrogen-bond acceptors (Lipinski definition) is 0. The normalized spacial score (nSPS) is 42.3. The van der Waals surface area contributed by atoms with Crippen molar-refractivity contribution >= 4 is 21.6 Å². The summed E-state index contributed by atoms with van der Waals surface area (Å²) < 4.78 is 0.0660. The molecule has 0 atom stereocenters. The van der Waals surface area contributed by atoms with Crippen LogP contribution in [0.2, 0.25) is 0 Å². The highest BCUT2D eigenvalue weighted by Gasteiger charge is 2.48. The minimum atomic E-state index is 0.0660. The predicted octanol–water partition coefficient (Wildman–Crippen LogP) is 2.38. The van der Waals surface area contributed by atoms with Crippen molar-refractivity contribution in [2.75, 3.05) is 0 Å². The van der Waals surface area contributed by atoms with Crippen molar-refractivity contribution in [3.05, 3.63) is 5.53 Å². The van der Waals surface area contributed by atoms with E-state index in [-0.39, 0.29) is 4.32 Å². The summed E-state index contributed by atoms with van der Waals surface area (Å²) in [6, 6.07) is 0. The summed E-state index contributed by atoms with van der Waals surface area (Å²) in [7, 11) is 0. The topological polar surface area (TPSA) is 36.4 Å². The summed E-state index contributed by atoms with van der Waals surface area (Å²) in [6.45, 7) is 0. The van der Waals surface area contributed by atoms with E-state index >= 15 is 0 Å². The molecule has 0 heterocycles. The summed E-state index contributed by atoms with van der Waals surface area (Å²) >= 11 is 3.67. The minimum Gasteiger partial charge on any atom is -0.362 e. The lowest BCUT2D eigenvalue weighted by Gasteiger charge is -2.38. The first-order chi connectivity index (χ1) is 5.24. The molecule has 0 aromatic heterocycles. The molecule has 0 radical (unpaired) electrons. The molecule has 0 aromatic rings. The highest BCUT2D eigenvalue weighted by Crippen LogP contribution is 2.46. The molecule has 3 aliphatic carbocycles. The zero-order chi connectivity index (χ0) is 7.90. The molecule has 3 aliphatic rings. The van der Waals surface area contributed by atoms with Crippen molar-refractivity contribution in [3.63, 3.8) is 0 Å². The Hall–Kier alpha value is -0.140. The molecule has 60 valence electrons. The Morgan fingerprint density at radius 1 is 1.45 bits per heavy atom. The number of hydrogen-bond donors (Lipinski definition) is 0. The van der Waals surface area contributed by atoms with Gasteiger partial charge in [-0.3, -0.25) is 0 Å². The summed E-state index contributed by atoms with van der Waals surface area (Å²) in [5.74, 6) is 0.792. The van der Waals surface area contributed by atoms with Crippen LogP contribution in [-0.4, -0.2) is 14.8 Å². The summed E-state index contributed by atoms with van der Waals surface area (Å²) in [5, 5.41) is 0. The van der Waals surface area contributed by atoms with Gasteiger partial charge in [0.05, 0.1) is 0 Å². The Balaban J connectivity index is 2.34. The fourth-order valence-electron chi connectivity index (χ4n) is 2.21. The molecule has 0 aliphatic heterocycles. The first-order valence-electron chi connectivity index (χ1n) is 4.15. The van der Waals surface area contributed by atoms with E-state index in [1.807, 2.05) is 0 Å². The highest BCUT2D eigenvalue weighted by molar-refractivity contribution is 9.10. The van der Waals surface area contributed by atoms with E-state index in [4.69, 9.17) is 5.53 Å². The molecule has 2 nitrogen and oxygen atoms in total. The molecule has 3 rings (SSSR count). The van der Waals surface area contributed by atoms with Gasteiger partial charge in [-0.1, -0.05) is 15.9 Å². The SMILES string of the molecule is [N-]=[N+]=C1CC2CCC1(Br)CC2. The molecule has 0 saturated heterocycles. The maximum absolute atomic E-state index is 8.74. The van der Waals surface area contributed by atoms with E-state index in [2.05, 4.69) is 20.7 Å². The smallest absolute Gasteiger partial charge is 0.285 e. The Kier molecular flexibility index (Phi) is 1.66. The van der Waals surface area contributed by atoms with Crippen molar-refractivity contribution in [1.82, 2.24) is 0 Å². The average Bonchev–Trinajstić information content (AvgIpc) is 2.05. The van der Waals surface area contributed by atoms with Crippen molar-refractivity contribution in [3.8, 4) is 0 Å². The van der Waals surface area contributed by atoms with Gasteiger partial charge in [0, 0.05) is 6.42 Å². The molecule has 2 bridgehead atoms. The third-order valence-electron chi connectivity index (χ3n) is 3.02. The van der Waals surface area contributed by atoms with Crippen LogP contribution in [0.25, 0.3) is 5.53 Å². The van der Waals surface area contributed by atoms with Crippen LogP contribution in [0.3, 0.4) is 0 Å². The lowest BCUT2D eigenvalue weighted by atomic mass is 9.69. The first-order valence-corrected chi connectivity index (χ1v) is 4.94. The van der Waals surface area contributed by atoms with Crippen LogP contribution in [-0.2, 0) is 0 Å². The number of nitrogens with zero attached hydrogens (tertiary/aromatic N) is 2. The van der Waals surface area contributed by atoms with Gasteiger partial charge >= 0.3 is 0 Å². The molecular weight excluding hydrogens is 204 g/mol. The molecule has 0 N–H and O–H groups in total. The Morgan fingerprint density at radius 2 is 2.09 bits per heavy atom. The second-order valence-corrected chi connectivity index (χ2v) is 5.18. The zero-order valence-corrected chi connectivity index (χ0v) is 7.97. The second kappa shape index (κ2) is 2.43. The van der Waals surface area contributed by atoms with Gasteiger partial charge in [-0.25, -0.2) is 0 Å². The molecule has 0 aromatic carbocycles. The Labute approximate surface area is 74.7 Å². The van der Waals surface area contributed by atoms with Crippen LogP contribution < -0.4 is 0 Å². The van der Waals surface area contributed by atoms with E-state index in [0.717, 1.165) is 30.9 Å². The molecule has 3 heteroatoms. The van der Waals surface area contributed by atoms with Crippen molar-refractivity contribution in [2.24, 2.45) is 5.92 Å². The third kappa shape index (κ3) is 1.07. The summed E-state index contributed by atoms with van der Waals surface area (Å²) in [6.07, 6.45) is 5.89. The van der Waals surface area contributed by atoms with Gasteiger partial charge in [-0.05, 0) is 31.6 Å². The maximum Gasteiger partial charge on any atom is 0.285 e. The van der Waals surface area contributed by atoms with Crippen LogP contribution in [0.4, 0.5) is 0 Å². The lowest BCUT2D eigenvalue weighted by molar-refractivity contribution is -0.0228. The van der Waals surface area contributed by atoms with Crippen LogP contribution in [0.5, 0.6) is 0 Å². The fourth-order valence-corrected chi connectivity index (χ4v) is 2.91. The van der Waals surface area contributed by atoms with Crippen LogP contribution in [0.1, 0.15) is 32.1 Å². The Bertz CT molecular complexity index is 222. The fraction of sp³-hybridized carbons (Fsp3) is 0.875. The van der Waals surface area contributed by atoms with Crippen molar-refractivity contribution < 1.29 is 4.79 Å². The number of halogens is 1. The molecule has 0 unspecified atom stereocenters. The van der Waals surface area contributed by atoms with Gasteiger partial charge < -0.3 is 5.53 Å². The predicted molar refractivity (Wildman–Crippen MR) is 46.9 cm³/mol. The molecule has 3 fully saturated rings. The number of alkyl halides is 1. The summed E-state index contributed by atoms with van der Waals surface area (Å²) in [5.41, 5.74) is 9.71. The van der Waals surface area contributed by atoms with E-state index in [9.17, 15) is 0 Å². The van der Waals surface area contributed by atoms with Gasteiger partial charge in [-0.15, -0.1) is 0 Å². The summed E-state index contributed by atoms with van der Waals surface area (Å²) in [4.78, 5) is 3.37. The van der Waals surface area contributed by atoms with Crippen molar-refractivity contribution in [2.45, 2.75) is 36.4 Å². The molecule has 11 heavy (non-hydrogen) atoms. The standard InChI is InChI=1S/C8H11BrN2/c9-8-3-1-6(2-4-8)5-7(8)11-10/h6H,1-5H2. The molecule has 0 spiro atoms. The highest BCUT2D eigenvalue weighted by atomic mass is 79.9. The van der Waals surface area contributed by atoms with E-state index in [0.29, 0.717) is 0 Å². The zero-order valence-electron chi connectivity index (χ0n) is 6.39. The first kappa shape index (κ1) is 7.51. The van der Waals surface area contributed by atoms with Gasteiger partial charge in [0.25, 0.3) is 5.71 Å². The lowest BCUT2D eigenvalue weighted by Crippen LogP contribution is -2.44. The van der Waals surface area contributed by atoms with Crippen molar-refractivity contribution in [1.29, 1.82) is 0 Å². The average molecular weight is 215 g/mol. The second-order valence-electron chi connectivity index (χ2n) is 3.66. The quantitative estimate of drug-likeness (QED) is 0.338. The number of rotatable bonds is 0.